The molecule has 0 atom stereocenters. The third kappa shape index (κ3) is 3.39. The SMILES string of the molecule is CCCNCc1cc(Br)cc(OC)c1OC. The molecule has 1 aromatic rings. The van der Waals surface area contributed by atoms with Crippen molar-refractivity contribution in [2.24, 2.45) is 0 Å². The lowest BCUT2D eigenvalue weighted by Crippen LogP contribution is -2.14. The van der Waals surface area contributed by atoms with Crippen LogP contribution in [0.1, 0.15) is 18.9 Å². The van der Waals surface area contributed by atoms with Crippen LogP contribution >= 0.6 is 15.9 Å². The molecule has 1 aromatic carbocycles. The molecule has 0 saturated carbocycles. The Morgan fingerprint density at radius 2 is 2.00 bits per heavy atom. The van der Waals surface area contributed by atoms with Gasteiger partial charge in [0.1, 0.15) is 0 Å². The predicted molar refractivity (Wildman–Crippen MR) is 69.2 cm³/mol. The molecule has 0 aliphatic heterocycles. The maximum absolute atomic E-state index is 5.37. The Morgan fingerprint density at radius 3 is 2.56 bits per heavy atom. The quantitative estimate of drug-likeness (QED) is 0.816. The molecule has 0 spiro atoms. The second-order valence-electron chi connectivity index (χ2n) is 3.48. The first-order valence-corrected chi connectivity index (χ1v) is 6.13. The number of nitrogens with one attached hydrogen (secondary N) is 1. The Hall–Kier alpha value is -0.740. The molecule has 0 saturated heterocycles. The van der Waals surface area contributed by atoms with Gasteiger partial charge in [0.05, 0.1) is 14.2 Å². The van der Waals surface area contributed by atoms with Gasteiger partial charge in [0.25, 0.3) is 0 Å². The Morgan fingerprint density at radius 1 is 1.25 bits per heavy atom. The second-order valence-corrected chi connectivity index (χ2v) is 4.39. The first-order chi connectivity index (χ1) is 7.72. The molecule has 0 unspecified atom stereocenters. The lowest BCUT2D eigenvalue weighted by atomic mass is 10.2. The van der Waals surface area contributed by atoms with Crippen LogP contribution in [0, 0.1) is 0 Å². The van der Waals surface area contributed by atoms with E-state index in [1.165, 1.54) is 0 Å². The molecular formula is C12H18BrNO2. The Bertz CT molecular complexity index is 342. The highest BCUT2D eigenvalue weighted by atomic mass is 79.9. The van der Waals surface area contributed by atoms with Crippen LogP contribution in [0.25, 0.3) is 0 Å². The zero-order valence-corrected chi connectivity index (χ0v) is 11.6. The summed E-state index contributed by atoms with van der Waals surface area (Å²) in [6, 6.07) is 3.95. The summed E-state index contributed by atoms with van der Waals surface area (Å²) in [5.74, 6) is 1.56. The van der Waals surface area contributed by atoms with Gasteiger partial charge in [-0.05, 0) is 25.1 Å². The van der Waals surface area contributed by atoms with Crippen molar-refractivity contribution in [2.75, 3.05) is 20.8 Å². The van der Waals surface area contributed by atoms with Crippen LogP contribution in [0.5, 0.6) is 11.5 Å². The summed E-state index contributed by atoms with van der Waals surface area (Å²) in [6.45, 7) is 3.93. The molecule has 0 aliphatic carbocycles. The summed E-state index contributed by atoms with van der Waals surface area (Å²) in [6.07, 6.45) is 1.12. The molecule has 16 heavy (non-hydrogen) atoms. The summed E-state index contributed by atoms with van der Waals surface area (Å²) in [5.41, 5.74) is 1.10. The monoisotopic (exact) mass is 287 g/mol. The van der Waals surface area contributed by atoms with E-state index in [9.17, 15) is 0 Å². The van der Waals surface area contributed by atoms with Gasteiger partial charge in [-0.3, -0.25) is 0 Å². The molecule has 0 amide bonds. The van der Waals surface area contributed by atoms with E-state index in [-0.39, 0.29) is 0 Å². The normalized spacial score (nSPS) is 10.2. The van der Waals surface area contributed by atoms with Crippen LogP contribution in [0.2, 0.25) is 0 Å². The molecule has 0 fully saturated rings. The van der Waals surface area contributed by atoms with Crippen LogP contribution in [0.3, 0.4) is 0 Å². The molecule has 3 nitrogen and oxygen atoms in total. The van der Waals surface area contributed by atoms with Gasteiger partial charge in [0.2, 0.25) is 0 Å². The number of hydrogen-bond donors (Lipinski definition) is 1. The van der Waals surface area contributed by atoms with E-state index in [4.69, 9.17) is 9.47 Å². The van der Waals surface area contributed by atoms with Crippen LogP contribution in [0.15, 0.2) is 16.6 Å². The second kappa shape index (κ2) is 6.76. The summed E-state index contributed by atoms with van der Waals surface area (Å²) >= 11 is 3.46. The van der Waals surface area contributed by atoms with Gasteiger partial charge in [-0.15, -0.1) is 0 Å². The molecule has 90 valence electrons. The number of ether oxygens (including phenoxy) is 2. The first kappa shape index (κ1) is 13.3. The Balaban J connectivity index is 2.91. The Kier molecular flexibility index (Phi) is 5.63. The molecule has 0 radical (unpaired) electrons. The van der Waals surface area contributed by atoms with Gasteiger partial charge < -0.3 is 14.8 Å². The van der Waals surface area contributed by atoms with E-state index < -0.39 is 0 Å². The average molecular weight is 288 g/mol. The van der Waals surface area contributed by atoms with E-state index in [1.807, 2.05) is 12.1 Å². The maximum atomic E-state index is 5.37. The van der Waals surface area contributed by atoms with Crippen molar-refractivity contribution in [3.63, 3.8) is 0 Å². The molecule has 0 aliphatic rings. The van der Waals surface area contributed by atoms with E-state index in [2.05, 4.69) is 28.2 Å². The van der Waals surface area contributed by atoms with Crippen molar-refractivity contribution in [2.45, 2.75) is 19.9 Å². The maximum Gasteiger partial charge on any atom is 0.165 e. The number of hydrogen-bond acceptors (Lipinski definition) is 3. The van der Waals surface area contributed by atoms with Gasteiger partial charge in [0, 0.05) is 16.6 Å². The van der Waals surface area contributed by atoms with E-state index in [0.717, 1.165) is 41.0 Å². The molecular weight excluding hydrogens is 270 g/mol. The minimum absolute atomic E-state index is 0.755. The van der Waals surface area contributed by atoms with Crippen molar-refractivity contribution in [1.82, 2.24) is 5.32 Å². The number of benzene rings is 1. The molecule has 4 heteroatoms. The fourth-order valence-corrected chi connectivity index (χ4v) is 2.02. The largest absolute Gasteiger partial charge is 0.493 e. The summed E-state index contributed by atoms with van der Waals surface area (Å²) < 4.78 is 11.6. The number of halogens is 1. The van der Waals surface area contributed by atoms with Crippen LogP contribution < -0.4 is 14.8 Å². The fourth-order valence-electron chi connectivity index (χ4n) is 1.54. The van der Waals surface area contributed by atoms with Crippen LogP contribution in [0.4, 0.5) is 0 Å². The van der Waals surface area contributed by atoms with E-state index in [0.29, 0.717) is 0 Å². The van der Waals surface area contributed by atoms with Gasteiger partial charge in [-0.25, -0.2) is 0 Å². The third-order valence-corrected chi connectivity index (χ3v) is 2.72. The zero-order chi connectivity index (χ0) is 12.0. The molecule has 0 heterocycles. The highest BCUT2D eigenvalue weighted by Crippen LogP contribution is 2.34. The fraction of sp³-hybridized carbons (Fsp3) is 0.500. The summed E-state index contributed by atoms with van der Waals surface area (Å²) in [5, 5.41) is 3.35. The lowest BCUT2D eigenvalue weighted by molar-refractivity contribution is 0.350. The smallest absolute Gasteiger partial charge is 0.165 e. The third-order valence-electron chi connectivity index (χ3n) is 2.26. The highest BCUT2D eigenvalue weighted by Gasteiger charge is 2.10. The summed E-state index contributed by atoms with van der Waals surface area (Å²) in [7, 11) is 3.31. The standard InChI is InChI=1S/C12H18BrNO2/c1-4-5-14-8-9-6-10(13)7-11(15-2)12(9)16-3/h6-7,14H,4-5,8H2,1-3H3. The van der Waals surface area contributed by atoms with E-state index in [1.54, 1.807) is 14.2 Å². The number of methoxy groups -OCH3 is 2. The minimum atomic E-state index is 0.755. The van der Waals surface area contributed by atoms with Crippen molar-refractivity contribution in [3.8, 4) is 11.5 Å². The lowest BCUT2D eigenvalue weighted by Gasteiger charge is -2.13. The molecule has 1 rings (SSSR count). The number of rotatable bonds is 6. The van der Waals surface area contributed by atoms with Crippen LogP contribution in [-0.2, 0) is 6.54 Å². The van der Waals surface area contributed by atoms with Gasteiger partial charge in [-0.2, -0.15) is 0 Å². The van der Waals surface area contributed by atoms with Crippen molar-refractivity contribution in [3.05, 3.63) is 22.2 Å². The van der Waals surface area contributed by atoms with Crippen molar-refractivity contribution < 1.29 is 9.47 Å². The van der Waals surface area contributed by atoms with E-state index >= 15 is 0 Å². The highest BCUT2D eigenvalue weighted by molar-refractivity contribution is 9.10. The summed E-state index contributed by atoms with van der Waals surface area (Å²) in [4.78, 5) is 0. The Labute approximate surface area is 105 Å². The van der Waals surface area contributed by atoms with Crippen molar-refractivity contribution >= 4 is 15.9 Å². The first-order valence-electron chi connectivity index (χ1n) is 5.34. The van der Waals surface area contributed by atoms with Gasteiger partial charge in [-0.1, -0.05) is 22.9 Å². The topological polar surface area (TPSA) is 30.5 Å². The van der Waals surface area contributed by atoms with Crippen molar-refractivity contribution in [1.29, 1.82) is 0 Å². The van der Waals surface area contributed by atoms with Gasteiger partial charge >= 0.3 is 0 Å². The minimum Gasteiger partial charge on any atom is -0.493 e. The predicted octanol–water partition coefficient (Wildman–Crippen LogP) is 2.97. The molecule has 1 N–H and O–H groups in total. The average Bonchev–Trinajstić information content (AvgIpc) is 2.28. The van der Waals surface area contributed by atoms with Crippen LogP contribution in [-0.4, -0.2) is 20.8 Å². The molecule has 0 aromatic heterocycles. The zero-order valence-electron chi connectivity index (χ0n) is 9.97. The van der Waals surface area contributed by atoms with Gasteiger partial charge in [0.15, 0.2) is 11.5 Å². The molecule has 0 bridgehead atoms.